The zero-order valence-corrected chi connectivity index (χ0v) is 11.8. The third-order valence-electron chi connectivity index (χ3n) is 0. The minimum Gasteiger partial charge on any atom is 2.00 e. The first-order chi connectivity index (χ1) is 4.00. The van der Waals surface area contributed by atoms with Gasteiger partial charge in [0.25, 0.3) is 0 Å². The monoisotopic (exact) mass is 486 g/mol. The second kappa shape index (κ2) is 6.67. The Morgan fingerprint density at radius 2 is 1.00 bits per heavy atom. The molecule has 11 heavy (non-hydrogen) atoms. The van der Waals surface area contributed by atoms with Crippen molar-refractivity contribution in [3.63, 3.8) is 0 Å². The van der Waals surface area contributed by atoms with E-state index in [1.165, 1.54) is 0 Å². The van der Waals surface area contributed by atoms with Gasteiger partial charge in [0.05, 0.1) is 0 Å². The van der Waals surface area contributed by atoms with Crippen molar-refractivity contribution in [2.24, 2.45) is 0 Å². The van der Waals surface area contributed by atoms with Gasteiger partial charge >= 0.3 is 87.9 Å². The third kappa shape index (κ3) is 674. The molecule has 0 aromatic heterocycles. The molecule has 0 fully saturated rings. The summed E-state index contributed by atoms with van der Waals surface area (Å²) in [6, 6.07) is 0. The Morgan fingerprint density at radius 1 is 1.00 bits per heavy atom. The van der Waals surface area contributed by atoms with Crippen LogP contribution in [0.2, 0.25) is 0 Å². The fourth-order valence-electron chi connectivity index (χ4n) is 0. The summed E-state index contributed by atoms with van der Waals surface area (Å²) in [5, 5.41) is 0. The summed E-state index contributed by atoms with van der Waals surface area (Å²) in [4.78, 5) is 0. The normalized spacial score (nSPS) is 10.5. The number of rotatable bonds is 0. The largest absolute Gasteiger partial charge is 2.00 e. The van der Waals surface area contributed by atoms with Gasteiger partial charge in [-0.3, -0.25) is 0 Å². The Labute approximate surface area is 87.1 Å². The quantitative estimate of drug-likeness (QED) is 0.308. The van der Waals surface area contributed by atoms with Crippen LogP contribution in [0.1, 0.15) is 0 Å². The van der Waals surface area contributed by atoms with E-state index in [2.05, 4.69) is 0 Å². The van der Waals surface area contributed by atoms with E-state index in [1.807, 2.05) is 0 Å². The second-order valence-electron chi connectivity index (χ2n) is 0.816. The van der Waals surface area contributed by atoms with Crippen molar-refractivity contribution in [3.05, 3.63) is 0 Å². The first-order valence-corrected chi connectivity index (χ1v) is 6.69. The summed E-state index contributed by atoms with van der Waals surface area (Å²) >= 11 is -11.8. The Bertz CT molecular complexity index is 210. The summed E-state index contributed by atoms with van der Waals surface area (Å²) in [7, 11) is 0. The van der Waals surface area contributed by atoms with E-state index in [0.717, 1.165) is 0 Å². The Kier molecular flexibility index (Phi) is 11.0. The molecule has 0 unspecified atom stereocenters. The van der Waals surface area contributed by atoms with Gasteiger partial charge < -0.3 is 0 Å². The van der Waals surface area contributed by atoms with E-state index in [1.54, 1.807) is 0 Å². The van der Waals surface area contributed by atoms with Crippen LogP contribution < -0.4 is 15.8 Å². The minimum atomic E-state index is -6.02. The van der Waals surface area contributed by atoms with Crippen LogP contribution in [0, 0.1) is 0 Å². The molecule has 8 nitrogen and oxygen atoms in total. The van der Waals surface area contributed by atoms with Crippen molar-refractivity contribution < 1.29 is 60.6 Å². The van der Waals surface area contributed by atoms with Gasteiger partial charge in [-0.1, -0.05) is 0 Å². The van der Waals surface area contributed by atoms with Gasteiger partial charge in [0.15, 0.2) is 0 Å². The number of hydrogen-bond acceptors (Lipinski definition) is 8. The van der Waals surface area contributed by atoms with Crippen LogP contribution >= 0.6 is 0 Å². The molecule has 2 radical (unpaired) electrons. The molecular formula is CrMoO8Pb-2. The fourth-order valence-corrected chi connectivity index (χ4v) is 0. The molecule has 0 saturated heterocycles. The van der Waals surface area contributed by atoms with E-state index in [-0.39, 0.29) is 27.3 Å². The average molecular weight is 483 g/mol. The maximum atomic E-state index is 8.63. The van der Waals surface area contributed by atoms with Crippen LogP contribution in [0.15, 0.2) is 0 Å². The minimum absolute atomic E-state index is 0. The van der Waals surface area contributed by atoms with E-state index < -0.39 is 30.4 Å². The van der Waals surface area contributed by atoms with Gasteiger partial charge in [0.1, 0.15) is 0 Å². The maximum absolute atomic E-state index is 8.63. The van der Waals surface area contributed by atoms with Crippen molar-refractivity contribution in [3.8, 4) is 0 Å². The summed E-state index contributed by atoms with van der Waals surface area (Å²) in [5.41, 5.74) is 0. The predicted molar refractivity (Wildman–Crippen MR) is 8.50 cm³/mol. The Hall–Kier alpha value is 1.18. The van der Waals surface area contributed by atoms with Crippen molar-refractivity contribution in [2.75, 3.05) is 0 Å². The first kappa shape index (κ1) is 18.1. The van der Waals surface area contributed by atoms with Crippen LogP contribution in [0.4, 0.5) is 0 Å². The summed E-state index contributed by atoms with van der Waals surface area (Å²) in [6.07, 6.45) is 0. The molecule has 0 bridgehead atoms. The van der Waals surface area contributed by atoms with E-state index >= 15 is 0 Å². The fraction of sp³-hybridized carbons (Fsp3) is 0. The summed E-state index contributed by atoms with van der Waals surface area (Å²) in [5.74, 6) is 0. The molecule has 0 heterocycles. The topological polar surface area (TPSA) is 161 Å². The second-order valence-corrected chi connectivity index (χ2v) is 4.10. The predicted octanol–water partition coefficient (Wildman–Crippen LogP) is -5.62. The maximum Gasteiger partial charge on any atom is 2.00 e. The van der Waals surface area contributed by atoms with Crippen LogP contribution in [-0.2, 0) is 44.8 Å². The molecule has 0 saturated carbocycles. The van der Waals surface area contributed by atoms with Crippen molar-refractivity contribution >= 4 is 27.3 Å². The van der Waals surface area contributed by atoms with E-state index in [9.17, 15) is 0 Å². The third-order valence-corrected chi connectivity index (χ3v) is 0. The van der Waals surface area contributed by atoms with E-state index in [0.29, 0.717) is 0 Å². The molecule has 0 aromatic carbocycles. The average Bonchev–Trinajstić information content (AvgIpc) is 1.12. The van der Waals surface area contributed by atoms with Crippen molar-refractivity contribution in [1.29, 1.82) is 0 Å². The molecule has 0 aliphatic carbocycles. The van der Waals surface area contributed by atoms with Gasteiger partial charge in [-0.15, -0.1) is 0 Å². The summed E-state index contributed by atoms with van der Waals surface area (Å²) < 4.78 is 68.9. The zero-order valence-electron chi connectivity index (χ0n) is 4.58. The van der Waals surface area contributed by atoms with Crippen LogP contribution in [0.25, 0.3) is 0 Å². The van der Waals surface area contributed by atoms with Crippen molar-refractivity contribution in [2.45, 2.75) is 0 Å². The Balaban J connectivity index is -0.000000107. The van der Waals surface area contributed by atoms with Crippen LogP contribution in [0.3, 0.4) is 0 Å². The van der Waals surface area contributed by atoms with Crippen LogP contribution in [0.5, 0.6) is 0 Å². The molecule has 0 aliphatic heterocycles. The first-order valence-electron chi connectivity index (χ1n) is 1.33. The van der Waals surface area contributed by atoms with Gasteiger partial charge in [0.2, 0.25) is 0 Å². The molecular weight excluding hydrogens is 483 g/mol. The zero-order chi connectivity index (χ0) is 9.00. The molecule has 0 amide bonds. The van der Waals surface area contributed by atoms with Gasteiger partial charge in [-0.25, -0.2) is 0 Å². The van der Waals surface area contributed by atoms with Crippen LogP contribution in [-0.4, -0.2) is 27.3 Å². The molecule has 66 valence electrons. The smallest absolute Gasteiger partial charge is 2.00 e. The van der Waals surface area contributed by atoms with E-state index in [4.69, 9.17) is 30.2 Å². The molecule has 0 spiro atoms. The molecule has 0 rings (SSSR count). The van der Waals surface area contributed by atoms with Crippen molar-refractivity contribution in [1.82, 2.24) is 0 Å². The molecule has 0 atom stereocenters. The van der Waals surface area contributed by atoms with Gasteiger partial charge in [-0.05, 0) is 0 Å². The molecule has 0 aliphatic rings. The number of hydrogen-bond donors (Lipinski definition) is 0. The Morgan fingerprint density at radius 3 is 1.00 bits per heavy atom. The molecule has 0 N–H and O–H groups in total. The molecule has 0 aromatic rings. The van der Waals surface area contributed by atoms with Gasteiger partial charge in [-0.2, -0.15) is 0 Å². The SMILES string of the molecule is [O]=[Cr](=[O])([O-])[O-].[O]=[Mo](=[O])([O-])[O-].[Pb+2]. The summed E-state index contributed by atoms with van der Waals surface area (Å²) in [6.45, 7) is 0. The standard InChI is InChI=1S/Cr.Mo.8O.Pb/q;;;;;;4*-1;+2. The van der Waals surface area contributed by atoms with Gasteiger partial charge in [0, 0.05) is 0 Å². The molecule has 11 heteroatoms.